The molecule has 0 bridgehead atoms. The molecule has 0 aliphatic carbocycles. The molecular formula is C11H11NO2S2. The molecule has 0 fully saturated rings. The van der Waals surface area contributed by atoms with Crippen molar-refractivity contribution in [2.24, 2.45) is 0 Å². The summed E-state index contributed by atoms with van der Waals surface area (Å²) >= 11 is 2.99. The molecule has 0 aromatic carbocycles. The first-order valence-corrected chi connectivity index (χ1v) is 6.57. The fraction of sp³-hybridized carbons (Fsp3) is 0.182. The number of hydrogen-bond donors (Lipinski definition) is 1. The standard InChI is InChI=1S/C11H11NO2S2/c1-2-14-11(13)10-8(12)5-9(16-10)7-3-4-15-6-7/h3-6H,2,12H2,1H3. The summed E-state index contributed by atoms with van der Waals surface area (Å²) in [5.41, 5.74) is 7.38. The van der Waals surface area contributed by atoms with Gasteiger partial charge in [-0.05, 0) is 29.8 Å². The highest BCUT2D eigenvalue weighted by atomic mass is 32.1. The molecule has 2 rings (SSSR count). The van der Waals surface area contributed by atoms with Gasteiger partial charge in [-0.15, -0.1) is 11.3 Å². The smallest absolute Gasteiger partial charge is 0.350 e. The number of rotatable bonds is 3. The molecule has 5 heteroatoms. The molecule has 0 amide bonds. The molecule has 0 radical (unpaired) electrons. The maximum absolute atomic E-state index is 11.6. The second-order valence-electron chi connectivity index (χ2n) is 3.13. The van der Waals surface area contributed by atoms with Gasteiger partial charge in [0.1, 0.15) is 4.88 Å². The van der Waals surface area contributed by atoms with Crippen LogP contribution in [0.15, 0.2) is 22.9 Å². The normalized spacial score (nSPS) is 10.3. The van der Waals surface area contributed by atoms with Crippen LogP contribution in [0, 0.1) is 0 Å². The van der Waals surface area contributed by atoms with Crippen LogP contribution < -0.4 is 5.73 Å². The summed E-state index contributed by atoms with van der Waals surface area (Å²) in [5, 5.41) is 4.02. The number of thiophene rings is 2. The lowest BCUT2D eigenvalue weighted by atomic mass is 10.2. The molecule has 0 saturated carbocycles. The Labute approximate surface area is 101 Å². The van der Waals surface area contributed by atoms with Crippen molar-refractivity contribution in [1.82, 2.24) is 0 Å². The summed E-state index contributed by atoms with van der Waals surface area (Å²) in [4.78, 5) is 13.0. The Balaban J connectivity index is 2.32. The Hall–Kier alpha value is -1.33. The Morgan fingerprint density at radius 1 is 1.56 bits per heavy atom. The van der Waals surface area contributed by atoms with Gasteiger partial charge in [-0.2, -0.15) is 11.3 Å². The van der Waals surface area contributed by atoms with Gasteiger partial charge in [0.15, 0.2) is 0 Å². The largest absolute Gasteiger partial charge is 0.462 e. The number of anilines is 1. The van der Waals surface area contributed by atoms with Crippen molar-refractivity contribution in [3.63, 3.8) is 0 Å². The molecule has 0 aliphatic rings. The van der Waals surface area contributed by atoms with Crippen molar-refractivity contribution in [3.8, 4) is 10.4 Å². The van der Waals surface area contributed by atoms with Gasteiger partial charge in [0, 0.05) is 10.4 Å². The van der Waals surface area contributed by atoms with E-state index in [2.05, 4.69) is 0 Å². The van der Waals surface area contributed by atoms with E-state index in [0.717, 1.165) is 10.4 Å². The highest BCUT2D eigenvalue weighted by molar-refractivity contribution is 7.18. The fourth-order valence-corrected chi connectivity index (χ4v) is 3.01. The monoisotopic (exact) mass is 253 g/mol. The number of carbonyl (C=O) groups is 1. The van der Waals surface area contributed by atoms with E-state index in [1.807, 2.05) is 22.9 Å². The molecule has 2 N–H and O–H groups in total. The molecule has 0 aliphatic heterocycles. The Kier molecular flexibility index (Phi) is 3.26. The van der Waals surface area contributed by atoms with Crippen LogP contribution in [0.25, 0.3) is 10.4 Å². The summed E-state index contributed by atoms with van der Waals surface area (Å²) in [6.45, 7) is 2.14. The highest BCUT2D eigenvalue weighted by Gasteiger charge is 2.16. The average Bonchev–Trinajstić information content (AvgIpc) is 2.86. The van der Waals surface area contributed by atoms with Gasteiger partial charge < -0.3 is 10.5 Å². The molecular weight excluding hydrogens is 242 g/mol. The van der Waals surface area contributed by atoms with E-state index >= 15 is 0 Å². The van der Waals surface area contributed by atoms with Gasteiger partial charge in [0.2, 0.25) is 0 Å². The summed E-state index contributed by atoms with van der Waals surface area (Å²) < 4.78 is 4.93. The first-order valence-electron chi connectivity index (χ1n) is 4.81. The molecule has 2 heterocycles. The van der Waals surface area contributed by atoms with Crippen LogP contribution in [0.2, 0.25) is 0 Å². The van der Waals surface area contributed by atoms with Gasteiger partial charge in [-0.1, -0.05) is 0 Å². The van der Waals surface area contributed by atoms with Gasteiger partial charge in [-0.25, -0.2) is 4.79 Å². The third-order valence-electron chi connectivity index (χ3n) is 2.03. The van der Waals surface area contributed by atoms with Crippen LogP contribution in [0.5, 0.6) is 0 Å². The summed E-state index contributed by atoms with van der Waals surface area (Å²) in [7, 11) is 0. The second-order valence-corrected chi connectivity index (χ2v) is 4.96. The minimum Gasteiger partial charge on any atom is -0.462 e. The first-order chi connectivity index (χ1) is 7.72. The zero-order valence-electron chi connectivity index (χ0n) is 8.73. The van der Waals surface area contributed by atoms with Gasteiger partial charge in [0.25, 0.3) is 0 Å². The van der Waals surface area contributed by atoms with Crippen LogP contribution >= 0.6 is 22.7 Å². The lowest BCUT2D eigenvalue weighted by molar-refractivity contribution is 0.0533. The van der Waals surface area contributed by atoms with Crippen LogP contribution in [0.1, 0.15) is 16.6 Å². The van der Waals surface area contributed by atoms with Crippen molar-refractivity contribution in [2.75, 3.05) is 12.3 Å². The Morgan fingerprint density at radius 2 is 2.38 bits per heavy atom. The zero-order chi connectivity index (χ0) is 11.5. The van der Waals surface area contributed by atoms with Crippen LogP contribution in [-0.2, 0) is 4.74 Å². The average molecular weight is 253 g/mol. The van der Waals surface area contributed by atoms with Crippen LogP contribution in [0.4, 0.5) is 5.69 Å². The number of esters is 1. The molecule has 0 atom stereocenters. The minimum atomic E-state index is -0.341. The third-order valence-corrected chi connectivity index (χ3v) is 3.89. The van der Waals surface area contributed by atoms with E-state index in [9.17, 15) is 4.79 Å². The number of ether oxygens (including phenoxy) is 1. The number of nitrogen functional groups attached to an aromatic ring is 1. The molecule has 0 spiro atoms. The number of hydrogen-bond acceptors (Lipinski definition) is 5. The predicted octanol–water partition coefficient (Wildman–Crippen LogP) is 3.24. The van der Waals surface area contributed by atoms with E-state index in [4.69, 9.17) is 10.5 Å². The molecule has 84 valence electrons. The van der Waals surface area contributed by atoms with E-state index in [-0.39, 0.29) is 5.97 Å². The second kappa shape index (κ2) is 4.67. The lowest BCUT2D eigenvalue weighted by Crippen LogP contribution is -2.04. The highest BCUT2D eigenvalue weighted by Crippen LogP contribution is 2.34. The van der Waals surface area contributed by atoms with Crippen LogP contribution in [0.3, 0.4) is 0 Å². The molecule has 0 saturated heterocycles. The van der Waals surface area contributed by atoms with Crippen molar-refractivity contribution >= 4 is 34.3 Å². The number of carbonyl (C=O) groups excluding carboxylic acids is 1. The maximum atomic E-state index is 11.6. The third kappa shape index (κ3) is 2.10. The zero-order valence-corrected chi connectivity index (χ0v) is 10.4. The van der Waals surface area contributed by atoms with Crippen molar-refractivity contribution in [1.29, 1.82) is 0 Å². The van der Waals surface area contributed by atoms with Crippen molar-refractivity contribution in [2.45, 2.75) is 6.92 Å². The lowest BCUT2D eigenvalue weighted by Gasteiger charge is -1.98. The fourth-order valence-electron chi connectivity index (χ4n) is 1.31. The van der Waals surface area contributed by atoms with Gasteiger partial charge >= 0.3 is 5.97 Å². The molecule has 0 unspecified atom stereocenters. The molecule has 3 nitrogen and oxygen atoms in total. The van der Waals surface area contributed by atoms with Crippen molar-refractivity contribution in [3.05, 3.63) is 27.8 Å². The van der Waals surface area contributed by atoms with E-state index in [0.29, 0.717) is 17.2 Å². The van der Waals surface area contributed by atoms with Gasteiger partial charge in [0.05, 0.1) is 12.3 Å². The minimum absolute atomic E-state index is 0.341. The topological polar surface area (TPSA) is 52.3 Å². The van der Waals surface area contributed by atoms with E-state index in [1.165, 1.54) is 11.3 Å². The number of nitrogens with two attached hydrogens (primary N) is 1. The predicted molar refractivity (Wildman–Crippen MR) is 68.0 cm³/mol. The molecule has 2 aromatic heterocycles. The maximum Gasteiger partial charge on any atom is 0.350 e. The summed E-state index contributed by atoms with van der Waals surface area (Å²) in [6.07, 6.45) is 0. The van der Waals surface area contributed by atoms with E-state index < -0.39 is 0 Å². The van der Waals surface area contributed by atoms with Crippen LogP contribution in [-0.4, -0.2) is 12.6 Å². The Bertz CT molecular complexity index is 488. The summed E-state index contributed by atoms with van der Waals surface area (Å²) in [5.74, 6) is -0.341. The molecule has 16 heavy (non-hydrogen) atoms. The van der Waals surface area contributed by atoms with Crippen molar-refractivity contribution < 1.29 is 9.53 Å². The SMILES string of the molecule is CCOC(=O)c1sc(-c2ccsc2)cc1N. The Morgan fingerprint density at radius 3 is 3.00 bits per heavy atom. The quantitative estimate of drug-likeness (QED) is 0.854. The summed E-state index contributed by atoms with van der Waals surface area (Å²) in [6, 6.07) is 3.82. The van der Waals surface area contributed by atoms with Gasteiger partial charge in [-0.3, -0.25) is 0 Å². The first kappa shape index (κ1) is 11.2. The molecule has 2 aromatic rings. The van der Waals surface area contributed by atoms with E-state index in [1.54, 1.807) is 18.3 Å².